The number of nitrogens with one attached hydrogen (secondary N) is 2. The van der Waals surface area contributed by atoms with Gasteiger partial charge in [-0.25, -0.2) is 0 Å². The highest BCUT2D eigenvalue weighted by atomic mass is 16.5. The van der Waals surface area contributed by atoms with E-state index in [1.807, 2.05) is 18.2 Å². The Kier molecular flexibility index (Phi) is 7.30. The Morgan fingerprint density at radius 2 is 1.92 bits per heavy atom. The largest absolute Gasteiger partial charge is 0.355 e. The highest BCUT2D eigenvalue weighted by Gasteiger charge is 2.16. The first-order valence-corrected chi connectivity index (χ1v) is 11.4. The second-order valence-corrected chi connectivity index (χ2v) is 8.79. The van der Waals surface area contributed by atoms with Gasteiger partial charge in [0.25, 0.3) is 11.8 Å². The third kappa shape index (κ3) is 5.52. The van der Waals surface area contributed by atoms with E-state index >= 15 is 0 Å². The SMILES string of the molecule is C.CN1CCc2ccc(NC(=O)c3cccc(CNC(=O)c4cc(-c5cnn(C)c5)on4)c3)cc2C1. The van der Waals surface area contributed by atoms with Crippen LogP contribution in [0.5, 0.6) is 0 Å². The van der Waals surface area contributed by atoms with Crippen molar-refractivity contribution in [2.45, 2.75) is 26.9 Å². The topological polar surface area (TPSA) is 105 Å². The van der Waals surface area contributed by atoms with Crippen LogP contribution in [0.25, 0.3) is 11.3 Å². The summed E-state index contributed by atoms with van der Waals surface area (Å²) in [6.07, 6.45) is 4.44. The Morgan fingerprint density at radius 1 is 1.06 bits per heavy atom. The van der Waals surface area contributed by atoms with E-state index in [0.29, 0.717) is 11.3 Å². The molecule has 0 bridgehead atoms. The van der Waals surface area contributed by atoms with Crippen molar-refractivity contribution in [3.63, 3.8) is 0 Å². The standard InChI is InChI=1S/C26H26N6O3.CH4/c1-31-9-8-18-6-7-22(11-20(18)15-31)29-25(33)19-5-3-4-17(10-19)13-27-26(34)23-12-24(35-30-23)21-14-28-32(2)16-21;/h3-7,10-12,14,16H,8-9,13,15H2,1-2H3,(H,27,34)(H,29,33);1H4. The van der Waals surface area contributed by atoms with E-state index in [2.05, 4.69) is 38.9 Å². The number of benzene rings is 2. The van der Waals surface area contributed by atoms with Crippen molar-refractivity contribution in [2.24, 2.45) is 7.05 Å². The number of carbonyl (C=O) groups excluding carboxylic acids is 2. The van der Waals surface area contributed by atoms with Crippen LogP contribution in [0.3, 0.4) is 0 Å². The van der Waals surface area contributed by atoms with Gasteiger partial charge in [-0.15, -0.1) is 0 Å². The maximum atomic E-state index is 12.9. The van der Waals surface area contributed by atoms with Crippen molar-refractivity contribution < 1.29 is 14.1 Å². The van der Waals surface area contributed by atoms with Gasteiger partial charge >= 0.3 is 0 Å². The summed E-state index contributed by atoms with van der Waals surface area (Å²) in [6.45, 7) is 2.17. The molecule has 1 aliphatic heterocycles. The first-order valence-electron chi connectivity index (χ1n) is 11.4. The lowest BCUT2D eigenvalue weighted by molar-refractivity contribution is 0.0941. The summed E-state index contributed by atoms with van der Waals surface area (Å²) in [7, 11) is 3.90. The average molecular weight is 487 g/mol. The molecule has 0 atom stereocenters. The van der Waals surface area contributed by atoms with Crippen molar-refractivity contribution in [2.75, 3.05) is 18.9 Å². The molecule has 186 valence electrons. The minimum atomic E-state index is -0.363. The molecule has 4 aromatic rings. The van der Waals surface area contributed by atoms with Crippen LogP contribution in [0.1, 0.15) is 45.0 Å². The van der Waals surface area contributed by atoms with Crippen LogP contribution in [0, 0.1) is 0 Å². The molecular weight excluding hydrogens is 456 g/mol. The van der Waals surface area contributed by atoms with E-state index in [0.717, 1.165) is 36.3 Å². The third-order valence-corrected chi connectivity index (χ3v) is 6.04. The zero-order chi connectivity index (χ0) is 24.4. The molecule has 2 aromatic carbocycles. The van der Waals surface area contributed by atoms with Crippen LogP contribution >= 0.6 is 0 Å². The smallest absolute Gasteiger partial charge is 0.273 e. The van der Waals surface area contributed by atoms with E-state index < -0.39 is 0 Å². The number of nitrogens with zero attached hydrogens (tertiary/aromatic N) is 4. The zero-order valence-corrected chi connectivity index (χ0v) is 19.6. The van der Waals surface area contributed by atoms with Crippen LogP contribution in [0.15, 0.2) is 65.4 Å². The van der Waals surface area contributed by atoms with Gasteiger partial charge in [-0.05, 0) is 54.4 Å². The van der Waals surface area contributed by atoms with Gasteiger partial charge in [-0.3, -0.25) is 14.3 Å². The van der Waals surface area contributed by atoms with Gasteiger partial charge in [0.1, 0.15) is 0 Å². The van der Waals surface area contributed by atoms with Crippen molar-refractivity contribution in [1.29, 1.82) is 0 Å². The molecule has 5 rings (SSSR count). The summed E-state index contributed by atoms with van der Waals surface area (Å²) in [5.74, 6) is -0.0894. The van der Waals surface area contributed by atoms with E-state index in [-0.39, 0.29) is 31.5 Å². The van der Waals surface area contributed by atoms with E-state index in [1.165, 1.54) is 11.1 Å². The maximum Gasteiger partial charge on any atom is 0.273 e. The maximum absolute atomic E-state index is 12.9. The molecule has 1 aliphatic rings. The molecule has 2 amide bonds. The monoisotopic (exact) mass is 486 g/mol. The first-order chi connectivity index (χ1) is 16.9. The lowest BCUT2D eigenvalue weighted by Gasteiger charge is -2.25. The highest BCUT2D eigenvalue weighted by molar-refractivity contribution is 6.04. The minimum Gasteiger partial charge on any atom is -0.355 e. The van der Waals surface area contributed by atoms with Crippen LogP contribution < -0.4 is 10.6 Å². The molecule has 0 saturated carbocycles. The van der Waals surface area contributed by atoms with Crippen LogP contribution in [-0.2, 0) is 26.6 Å². The summed E-state index contributed by atoms with van der Waals surface area (Å²) >= 11 is 0. The summed E-state index contributed by atoms with van der Waals surface area (Å²) in [5.41, 5.74) is 5.59. The molecule has 2 N–H and O–H groups in total. The van der Waals surface area contributed by atoms with E-state index in [4.69, 9.17) is 4.52 Å². The lowest BCUT2D eigenvalue weighted by atomic mass is 9.99. The van der Waals surface area contributed by atoms with Gasteiger partial charge in [-0.1, -0.05) is 30.8 Å². The second kappa shape index (κ2) is 10.6. The number of aromatic nitrogens is 3. The van der Waals surface area contributed by atoms with Gasteiger partial charge in [-0.2, -0.15) is 5.10 Å². The molecule has 0 saturated heterocycles. The Balaban J connectivity index is 0.00000304. The van der Waals surface area contributed by atoms with Crippen molar-refractivity contribution in [1.82, 2.24) is 25.2 Å². The molecule has 0 unspecified atom stereocenters. The summed E-state index contributed by atoms with van der Waals surface area (Å²) in [4.78, 5) is 27.7. The third-order valence-electron chi connectivity index (χ3n) is 6.04. The Labute approximate surface area is 210 Å². The number of hydrogen-bond acceptors (Lipinski definition) is 6. The predicted octanol–water partition coefficient (Wildman–Crippen LogP) is 3.88. The van der Waals surface area contributed by atoms with E-state index in [9.17, 15) is 9.59 Å². The summed E-state index contributed by atoms with van der Waals surface area (Å²) < 4.78 is 6.91. The first kappa shape index (κ1) is 24.9. The van der Waals surface area contributed by atoms with Crippen molar-refractivity contribution >= 4 is 17.5 Å². The number of fused-ring (bicyclic) bond motifs is 1. The van der Waals surface area contributed by atoms with Crippen LogP contribution in [-0.4, -0.2) is 45.2 Å². The number of aryl methyl sites for hydroxylation is 1. The van der Waals surface area contributed by atoms with Crippen molar-refractivity contribution in [3.8, 4) is 11.3 Å². The lowest BCUT2D eigenvalue weighted by Crippen LogP contribution is -2.26. The molecule has 0 radical (unpaired) electrons. The molecule has 9 nitrogen and oxygen atoms in total. The summed E-state index contributed by atoms with van der Waals surface area (Å²) in [5, 5.41) is 13.7. The molecule has 2 aromatic heterocycles. The summed E-state index contributed by atoms with van der Waals surface area (Å²) in [6, 6.07) is 14.8. The number of rotatable bonds is 6. The predicted molar refractivity (Wildman–Crippen MR) is 137 cm³/mol. The Morgan fingerprint density at radius 3 is 2.72 bits per heavy atom. The van der Waals surface area contributed by atoms with E-state index in [1.54, 1.807) is 48.4 Å². The minimum absolute atomic E-state index is 0. The molecule has 36 heavy (non-hydrogen) atoms. The molecular formula is C27H30N6O3. The van der Waals surface area contributed by atoms with Gasteiger partial charge in [0.15, 0.2) is 11.5 Å². The second-order valence-electron chi connectivity index (χ2n) is 8.79. The van der Waals surface area contributed by atoms with Gasteiger partial charge in [0.05, 0.1) is 11.8 Å². The fraction of sp³-hybridized carbons (Fsp3) is 0.259. The molecule has 0 spiro atoms. The number of carbonyl (C=O) groups is 2. The van der Waals surface area contributed by atoms with Gasteiger partial charge in [0.2, 0.25) is 0 Å². The number of amides is 2. The normalized spacial score (nSPS) is 12.9. The molecule has 0 fully saturated rings. The van der Waals surface area contributed by atoms with Crippen molar-refractivity contribution in [3.05, 3.63) is 88.9 Å². The van der Waals surface area contributed by atoms with Crippen LogP contribution in [0.2, 0.25) is 0 Å². The highest BCUT2D eigenvalue weighted by Crippen LogP contribution is 2.23. The number of likely N-dealkylation sites (N-methyl/N-ethyl adjacent to an activating group) is 1. The molecule has 0 aliphatic carbocycles. The number of hydrogen-bond donors (Lipinski definition) is 2. The molecule has 3 heterocycles. The Bertz CT molecular complexity index is 1390. The fourth-order valence-electron chi connectivity index (χ4n) is 4.14. The van der Waals surface area contributed by atoms with Gasteiger partial charge < -0.3 is 20.1 Å². The number of anilines is 1. The zero-order valence-electron chi connectivity index (χ0n) is 19.6. The molecule has 9 heteroatoms. The fourth-order valence-corrected chi connectivity index (χ4v) is 4.14. The Hall–Kier alpha value is -4.24. The van der Waals surface area contributed by atoms with Gasteiger partial charge in [0, 0.05) is 50.2 Å². The van der Waals surface area contributed by atoms with Crippen LogP contribution in [0.4, 0.5) is 5.69 Å². The average Bonchev–Trinajstić information content (AvgIpc) is 3.52. The quantitative estimate of drug-likeness (QED) is 0.429.